The molecule has 64 valence electrons. The Morgan fingerprint density at radius 1 is 1.55 bits per heavy atom. The summed E-state index contributed by atoms with van der Waals surface area (Å²) in [5, 5.41) is 0. The van der Waals surface area contributed by atoms with Gasteiger partial charge in [-0.25, -0.2) is 0 Å². The highest BCUT2D eigenvalue weighted by atomic mass is 16.5. The molecule has 0 amide bonds. The van der Waals surface area contributed by atoms with Crippen LogP contribution < -0.4 is 0 Å². The summed E-state index contributed by atoms with van der Waals surface area (Å²) >= 11 is 0. The number of methoxy groups -OCH3 is 1. The van der Waals surface area contributed by atoms with Crippen LogP contribution in [-0.4, -0.2) is 19.5 Å². The lowest BCUT2D eigenvalue weighted by Gasteiger charge is -2.00. The Kier molecular flexibility index (Phi) is 5.75. The van der Waals surface area contributed by atoms with E-state index in [1.54, 1.807) is 7.11 Å². The zero-order chi connectivity index (χ0) is 8.69. The van der Waals surface area contributed by atoms with E-state index in [2.05, 4.69) is 6.58 Å². The third-order valence-electron chi connectivity index (χ3n) is 1.53. The second kappa shape index (κ2) is 6.10. The second-order valence-corrected chi connectivity index (χ2v) is 2.56. The molecule has 0 aliphatic rings. The average molecular weight is 156 g/mol. The minimum Gasteiger partial charge on any atom is -0.384 e. The monoisotopic (exact) mass is 156 g/mol. The van der Waals surface area contributed by atoms with E-state index in [1.165, 1.54) is 0 Å². The molecule has 0 unspecified atom stereocenters. The third kappa shape index (κ3) is 5.80. The Hall–Kier alpha value is -0.630. The Balaban J connectivity index is 3.44. The van der Waals surface area contributed by atoms with Crippen LogP contribution in [0.3, 0.4) is 0 Å². The molecule has 0 saturated heterocycles. The molecule has 0 N–H and O–H groups in total. The summed E-state index contributed by atoms with van der Waals surface area (Å²) in [7, 11) is 1.60. The maximum absolute atomic E-state index is 11.0. The molecule has 0 aliphatic carbocycles. The lowest BCUT2D eigenvalue weighted by Crippen LogP contribution is -2.03. The molecule has 0 saturated carbocycles. The van der Waals surface area contributed by atoms with Crippen molar-refractivity contribution >= 4 is 5.78 Å². The summed E-state index contributed by atoms with van der Waals surface area (Å²) in [5.41, 5.74) is 1.01. The van der Waals surface area contributed by atoms with Gasteiger partial charge in [0.15, 0.2) is 0 Å². The molecule has 0 bridgehead atoms. The van der Waals surface area contributed by atoms with E-state index in [4.69, 9.17) is 4.74 Å². The number of hydrogen-bond donors (Lipinski definition) is 0. The Morgan fingerprint density at radius 3 is 2.64 bits per heavy atom. The maximum Gasteiger partial charge on any atom is 0.139 e. The topological polar surface area (TPSA) is 26.3 Å². The molecule has 0 aromatic carbocycles. The first-order chi connectivity index (χ1) is 5.20. The summed E-state index contributed by atoms with van der Waals surface area (Å²) in [5.74, 6) is 0.221. The second-order valence-electron chi connectivity index (χ2n) is 2.56. The number of allylic oxidation sites excluding steroid dienone is 1. The van der Waals surface area contributed by atoms with Gasteiger partial charge < -0.3 is 4.74 Å². The number of Topliss-reactive ketones (excluding diaryl/α,β-unsaturated/α-hetero) is 1. The average Bonchev–Trinajstić information content (AvgIpc) is 2.00. The normalized spacial score (nSPS) is 9.64. The van der Waals surface area contributed by atoms with Crippen LogP contribution in [0.25, 0.3) is 0 Å². The van der Waals surface area contributed by atoms with Gasteiger partial charge in [0, 0.05) is 20.0 Å². The number of hydrogen-bond acceptors (Lipinski definition) is 2. The van der Waals surface area contributed by atoms with Gasteiger partial charge in [-0.2, -0.15) is 0 Å². The highest BCUT2D eigenvalue weighted by molar-refractivity contribution is 5.80. The molecule has 0 aromatic heterocycles. The van der Waals surface area contributed by atoms with Crippen LogP contribution in [-0.2, 0) is 9.53 Å². The number of ether oxygens (including phenoxy) is 1. The van der Waals surface area contributed by atoms with Crippen molar-refractivity contribution in [2.24, 2.45) is 0 Å². The van der Waals surface area contributed by atoms with Crippen molar-refractivity contribution < 1.29 is 9.53 Å². The Labute approximate surface area is 68.2 Å². The van der Waals surface area contributed by atoms with Crippen molar-refractivity contribution in [2.75, 3.05) is 13.7 Å². The summed E-state index contributed by atoms with van der Waals surface area (Å²) in [4.78, 5) is 11.0. The number of carbonyl (C=O) groups is 1. The van der Waals surface area contributed by atoms with Gasteiger partial charge in [-0.3, -0.25) is 4.79 Å². The summed E-state index contributed by atoms with van der Waals surface area (Å²) in [6, 6.07) is 0. The lowest BCUT2D eigenvalue weighted by molar-refractivity contribution is -0.119. The van der Waals surface area contributed by atoms with Gasteiger partial charge in [0.05, 0.1) is 6.61 Å². The van der Waals surface area contributed by atoms with E-state index in [0.29, 0.717) is 19.4 Å². The molecule has 0 aromatic rings. The van der Waals surface area contributed by atoms with Crippen LogP contribution >= 0.6 is 0 Å². The molecule has 0 aliphatic heterocycles. The van der Waals surface area contributed by atoms with E-state index < -0.39 is 0 Å². The molecule has 2 heteroatoms. The quantitative estimate of drug-likeness (QED) is 0.549. The first-order valence-corrected chi connectivity index (χ1v) is 3.88. The van der Waals surface area contributed by atoms with Gasteiger partial charge in [-0.05, 0) is 6.42 Å². The molecule has 0 heterocycles. The summed E-state index contributed by atoms with van der Waals surface area (Å²) in [6.07, 6.45) is 1.91. The third-order valence-corrected chi connectivity index (χ3v) is 1.53. The molecule has 0 atom stereocenters. The molecule has 11 heavy (non-hydrogen) atoms. The van der Waals surface area contributed by atoms with Crippen LogP contribution in [0.4, 0.5) is 0 Å². The van der Waals surface area contributed by atoms with E-state index in [0.717, 1.165) is 12.0 Å². The molecule has 0 rings (SSSR count). The largest absolute Gasteiger partial charge is 0.384 e. The van der Waals surface area contributed by atoms with Crippen molar-refractivity contribution in [1.82, 2.24) is 0 Å². The zero-order valence-electron chi connectivity index (χ0n) is 7.35. The van der Waals surface area contributed by atoms with E-state index >= 15 is 0 Å². The minimum absolute atomic E-state index is 0.221. The summed E-state index contributed by atoms with van der Waals surface area (Å²) in [6.45, 7) is 6.29. The van der Waals surface area contributed by atoms with Crippen LogP contribution in [0, 0.1) is 0 Å². The highest BCUT2D eigenvalue weighted by Crippen LogP contribution is 2.04. The maximum atomic E-state index is 11.0. The molecule has 2 nitrogen and oxygen atoms in total. The minimum atomic E-state index is 0.221. The Bertz CT molecular complexity index is 138. The molecule has 0 fully saturated rings. The van der Waals surface area contributed by atoms with Crippen molar-refractivity contribution in [2.45, 2.75) is 26.2 Å². The van der Waals surface area contributed by atoms with Gasteiger partial charge in [-0.1, -0.05) is 19.1 Å². The van der Waals surface area contributed by atoms with Crippen molar-refractivity contribution in [3.8, 4) is 0 Å². The first kappa shape index (κ1) is 10.4. The van der Waals surface area contributed by atoms with Crippen molar-refractivity contribution in [3.05, 3.63) is 12.2 Å². The molecule has 0 spiro atoms. The summed E-state index contributed by atoms with van der Waals surface area (Å²) < 4.78 is 4.78. The zero-order valence-corrected chi connectivity index (χ0v) is 7.35. The van der Waals surface area contributed by atoms with Gasteiger partial charge in [0.1, 0.15) is 5.78 Å². The van der Waals surface area contributed by atoms with Crippen molar-refractivity contribution in [3.63, 3.8) is 0 Å². The predicted molar refractivity (Wildman–Crippen MR) is 45.5 cm³/mol. The van der Waals surface area contributed by atoms with Crippen LogP contribution in [0.5, 0.6) is 0 Å². The number of rotatable bonds is 6. The van der Waals surface area contributed by atoms with Gasteiger partial charge in [0.2, 0.25) is 0 Å². The lowest BCUT2D eigenvalue weighted by atomic mass is 10.1. The predicted octanol–water partition coefficient (Wildman–Crippen LogP) is 1.95. The fourth-order valence-corrected chi connectivity index (χ4v) is 0.708. The van der Waals surface area contributed by atoms with Gasteiger partial charge in [-0.15, -0.1) is 0 Å². The van der Waals surface area contributed by atoms with E-state index in [9.17, 15) is 4.79 Å². The fraction of sp³-hybridized carbons (Fsp3) is 0.667. The van der Waals surface area contributed by atoms with Crippen molar-refractivity contribution in [1.29, 1.82) is 0 Å². The van der Waals surface area contributed by atoms with Gasteiger partial charge in [0.25, 0.3) is 0 Å². The highest BCUT2D eigenvalue weighted by Gasteiger charge is 2.01. The number of carbonyl (C=O) groups excluding carboxylic acids is 1. The van der Waals surface area contributed by atoms with Crippen LogP contribution in [0.2, 0.25) is 0 Å². The molecular formula is C9H16O2. The number of ketones is 1. The van der Waals surface area contributed by atoms with Crippen LogP contribution in [0.15, 0.2) is 12.2 Å². The van der Waals surface area contributed by atoms with Gasteiger partial charge >= 0.3 is 0 Å². The molecular weight excluding hydrogens is 140 g/mol. The van der Waals surface area contributed by atoms with E-state index in [1.807, 2.05) is 6.92 Å². The fourth-order valence-electron chi connectivity index (χ4n) is 0.708. The smallest absolute Gasteiger partial charge is 0.139 e. The van der Waals surface area contributed by atoms with Crippen LogP contribution in [0.1, 0.15) is 26.2 Å². The first-order valence-electron chi connectivity index (χ1n) is 3.88. The Morgan fingerprint density at radius 2 is 2.18 bits per heavy atom. The SMILES string of the molecule is C=C(CC)CC(=O)CCOC. The van der Waals surface area contributed by atoms with E-state index in [-0.39, 0.29) is 5.78 Å². The molecule has 0 radical (unpaired) electrons. The standard InChI is InChI=1S/C9H16O2/c1-4-8(2)7-9(10)5-6-11-3/h2,4-7H2,1,3H3.